The molecule has 0 spiro atoms. The van der Waals surface area contributed by atoms with Gasteiger partial charge in [-0.3, -0.25) is 9.48 Å². The molecule has 2 fully saturated rings. The molecule has 4 aromatic rings. The number of fused-ring (bicyclic) bond motifs is 1. The number of hydrogen-bond donors (Lipinski definition) is 2. The van der Waals surface area contributed by atoms with E-state index in [4.69, 9.17) is 0 Å². The van der Waals surface area contributed by atoms with Gasteiger partial charge in [0.2, 0.25) is 5.91 Å². The van der Waals surface area contributed by atoms with Gasteiger partial charge in [0.25, 0.3) is 0 Å². The Hall–Kier alpha value is -4.14. The molecule has 1 atom stereocenters. The Labute approximate surface area is 221 Å². The van der Waals surface area contributed by atoms with Gasteiger partial charge in [-0.05, 0) is 80.0 Å². The Balaban J connectivity index is 0.971. The number of imidazole rings is 1. The third-order valence-electron chi connectivity index (χ3n) is 7.74. The van der Waals surface area contributed by atoms with E-state index in [9.17, 15) is 9.59 Å². The van der Waals surface area contributed by atoms with E-state index in [1.165, 1.54) is 18.4 Å². The second-order valence-corrected chi connectivity index (χ2v) is 10.4. The van der Waals surface area contributed by atoms with Crippen molar-refractivity contribution in [1.29, 1.82) is 0 Å². The second kappa shape index (κ2) is 10.3. The van der Waals surface area contributed by atoms with Gasteiger partial charge in [0.15, 0.2) is 0 Å². The Morgan fingerprint density at radius 3 is 2.53 bits per heavy atom. The summed E-state index contributed by atoms with van der Waals surface area (Å²) >= 11 is 0. The van der Waals surface area contributed by atoms with Crippen LogP contribution in [0.4, 0.5) is 10.5 Å². The molecule has 2 aliphatic rings. The normalized spacial score (nSPS) is 16.9. The fourth-order valence-electron chi connectivity index (χ4n) is 5.23. The number of amides is 3. The molecule has 1 saturated heterocycles. The molecular formula is C29H33N7O2. The number of nitrogens with one attached hydrogen (secondary N) is 2. The first kappa shape index (κ1) is 24.2. The SMILES string of the molecule is CC(C(=O)N1CCC(c2ccc(NC(=O)NCc3ccn4ccnc4c3)cc2)CC1)n1ccc(C2CC2)n1. The van der Waals surface area contributed by atoms with Crippen LogP contribution in [-0.2, 0) is 11.3 Å². The molecule has 0 radical (unpaired) electrons. The number of urea groups is 1. The van der Waals surface area contributed by atoms with Crippen molar-refractivity contribution in [2.24, 2.45) is 0 Å². The first-order valence-electron chi connectivity index (χ1n) is 13.4. The van der Waals surface area contributed by atoms with E-state index in [1.54, 1.807) is 6.20 Å². The van der Waals surface area contributed by atoms with Gasteiger partial charge in [-0.25, -0.2) is 9.78 Å². The van der Waals surface area contributed by atoms with Crippen LogP contribution in [0.25, 0.3) is 5.65 Å². The molecule has 9 nitrogen and oxygen atoms in total. The highest BCUT2D eigenvalue weighted by atomic mass is 16.2. The largest absolute Gasteiger partial charge is 0.341 e. The highest BCUT2D eigenvalue weighted by Crippen LogP contribution is 2.39. The summed E-state index contributed by atoms with van der Waals surface area (Å²) in [6.45, 7) is 3.86. The molecule has 38 heavy (non-hydrogen) atoms. The number of aromatic nitrogens is 4. The average Bonchev–Trinajstić information content (AvgIpc) is 3.48. The smallest absolute Gasteiger partial charge is 0.319 e. The number of hydrogen-bond acceptors (Lipinski definition) is 4. The van der Waals surface area contributed by atoms with E-state index < -0.39 is 0 Å². The van der Waals surface area contributed by atoms with Crippen LogP contribution in [0.15, 0.2) is 67.3 Å². The van der Waals surface area contributed by atoms with Gasteiger partial charge in [0.1, 0.15) is 11.7 Å². The molecule has 3 aromatic heterocycles. The third kappa shape index (κ3) is 5.27. The van der Waals surface area contributed by atoms with Crippen molar-refractivity contribution < 1.29 is 9.59 Å². The third-order valence-corrected chi connectivity index (χ3v) is 7.74. The van der Waals surface area contributed by atoms with Crippen molar-refractivity contribution in [3.63, 3.8) is 0 Å². The minimum absolute atomic E-state index is 0.143. The zero-order valence-electron chi connectivity index (χ0n) is 21.6. The lowest BCUT2D eigenvalue weighted by molar-refractivity contribution is -0.135. The van der Waals surface area contributed by atoms with E-state index in [0.29, 0.717) is 18.4 Å². The zero-order chi connectivity index (χ0) is 26.1. The highest BCUT2D eigenvalue weighted by Gasteiger charge is 2.30. The summed E-state index contributed by atoms with van der Waals surface area (Å²) in [7, 11) is 0. The molecule has 3 amide bonds. The molecule has 1 aromatic carbocycles. The molecule has 4 heterocycles. The van der Waals surface area contributed by atoms with Gasteiger partial charge in [0, 0.05) is 56.0 Å². The van der Waals surface area contributed by atoms with E-state index in [2.05, 4.69) is 38.9 Å². The van der Waals surface area contributed by atoms with Gasteiger partial charge >= 0.3 is 6.03 Å². The standard InChI is InChI=1S/C29H33N7O2/c1-20(36-16-11-26(33-36)24-2-3-24)28(37)35-14-9-23(10-15-35)22-4-6-25(7-5-22)32-29(38)31-19-21-8-13-34-17-12-30-27(34)18-21/h4-8,11-13,16-18,20,23-24H,2-3,9-10,14-15,19H2,1H3,(H2,31,32,38). The van der Waals surface area contributed by atoms with Crippen LogP contribution in [0.5, 0.6) is 0 Å². The van der Waals surface area contributed by atoms with Crippen LogP contribution in [-0.4, -0.2) is 49.1 Å². The van der Waals surface area contributed by atoms with Crippen molar-refractivity contribution in [2.45, 2.75) is 57.0 Å². The van der Waals surface area contributed by atoms with Crippen molar-refractivity contribution in [3.8, 4) is 0 Å². The van der Waals surface area contributed by atoms with Gasteiger partial charge in [-0.1, -0.05) is 12.1 Å². The lowest BCUT2D eigenvalue weighted by Crippen LogP contribution is -2.41. The maximum absolute atomic E-state index is 13.1. The van der Waals surface area contributed by atoms with Crippen LogP contribution in [0, 0.1) is 0 Å². The van der Waals surface area contributed by atoms with Crippen molar-refractivity contribution in [3.05, 3.63) is 84.1 Å². The first-order chi connectivity index (χ1) is 18.5. The predicted octanol–water partition coefficient (Wildman–Crippen LogP) is 4.70. The molecule has 1 aliphatic carbocycles. The molecule has 1 saturated carbocycles. The highest BCUT2D eigenvalue weighted by molar-refractivity contribution is 5.89. The van der Waals surface area contributed by atoms with Crippen molar-refractivity contribution >= 4 is 23.3 Å². The number of carbonyl (C=O) groups excluding carboxylic acids is 2. The Morgan fingerprint density at radius 2 is 1.76 bits per heavy atom. The molecule has 196 valence electrons. The average molecular weight is 512 g/mol. The summed E-state index contributed by atoms with van der Waals surface area (Å²) in [6, 6.07) is 13.5. The lowest BCUT2D eigenvalue weighted by atomic mass is 9.89. The van der Waals surface area contributed by atoms with E-state index >= 15 is 0 Å². The Morgan fingerprint density at radius 1 is 0.974 bits per heavy atom. The van der Waals surface area contributed by atoms with E-state index in [1.807, 2.05) is 63.8 Å². The number of piperidine rings is 1. The molecule has 1 aliphatic heterocycles. The molecule has 2 N–H and O–H groups in total. The van der Waals surface area contributed by atoms with Crippen LogP contribution in [0.3, 0.4) is 0 Å². The molecule has 0 bridgehead atoms. The molecule has 9 heteroatoms. The van der Waals surface area contributed by atoms with E-state index in [0.717, 1.165) is 48.5 Å². The van der Waals surface area contributed by atoms with Crippen molar-refractivity contribution in [1.82, 2.24) is 29.4 Å². The quantitative estimate of drug-likeness (QED) is 0.376. The fourth-order valence-corrected chi connectivity index (χ4v) is 5.23. The summed E-state index contributed by atoms with van der Waals surface area (Å²) in [6.07, 6.45) is 11.8. The number of rotatable bonds is 7. The Kier molecular flexibility index (Phi) is 6.57. The van der Waals surface area contributed by atoms with Crippen LogP contribution in [0.2, 0.25) is 0 Å². The summed E-state index contributed by atoms with van der Waals surface area (Å²) in [5, 5.41) is 10.4. The van der Waals surface area contributed by atoms with Crippen LogP contribution < -0.4 is 10.6 Å². The summed E-state index contributed by atoms with van der Waals surface area (Å²) in [5.74, 6) is 1.14. The monoisotopic (exact) mass is 511 g/mol. The van der Waals surface area contributed by atoms with Gasteiger partial charge in [-0.2, -0.15) is 5.10 Å². The number of likely N-dealkylation sites (tertiary alicyclic amines) is 1. The predicted molar refractivity (Wildman–Crippen MR) is 145 cm³/mol. The van der Waals surface area contributed by atoms with Crippen LogP contribution in [0.1, 0.15) is 67.3 Å². The summed E-state index contributed by atoms with van der Waals surface area (Å²) < 4.78 is 3.75. The molecule has 6 rings (SSSR count). The number of nitrogens with zero attached hydrogens (tertiary/aromatic N) is 5. The summed E-state index contributed by atoms with van der Waals surface area (Å²) in [5.41, 5.74) is 4.95. The minimum atomic E-state index is -0.274. The number of carbonyl (C=O) groups is 2. The summed E-state index contributed by atoms with van der Waals surface area (Å²) in [4.78, 5) is 31.7. The molecule has 1 unspecified atom stereocenters. The van der Waals surface area contributed by atoms with E-state index in [-0.39, 0.29) is 18.0 Å². The van der Waals surface area contributed by atoms with Gasteiger partial charge in [-0.15, -0.1) is 0 Å². The zero-order valence-corrected chi connectivity index (χ0v) is 21.6. The Bertz CT molecular complexity index is 1430. The number of pyridine rings is 1. The topological polar surface area (TPSA) is 96.6 Å². The minimum Gasteiger partial charge on any atom is -0.341 e. The van der Waals surface area contributed by atoms with Crippen LogP contribution >= 0.6 is 0 Å². The fraction of sp³-hybridized carbons (Fsp3) is 0.379. The first-order valence-corrected chi connectivity index (χ1v) is 13.4. The number of anilines is 1. The maximum atomic E-state index is 13.1. The van der Waals surface area contributed by atoms with Gasteiger partial charge in [0.05, 0.1) is 5.69 Å². The maximum Gasteiger partial charge on any atom is 0.319 e. The van der Waals surface area contributed by atoms with Crippen molar-refractivity contribution in [2.75, 3.05) is 18.4 Å². The van der Waals surface area contributed by atoms with Gasteiger partial charge < -0.3 is 19.9 Å². The number of benzene rings is 1. The lowest BCUT2D eigenvalue weighted by Gasteiger charge is -2.34. The second-order valence-electron chi connectivity index (χ2n) is 10.4. The molecular weight excluding hydrogens is 478 g/mol.